The molecule has 0 bridgehead atoms. The van der Waals surface area contributed by atoms with E-state index in [1.807, 2.05) is 11.4 Å². The quantitative estimate of drug-likeness (QED) is 0.635. The lowest BCUT2D eigenvalue weighted by Gasteiger charge is -2.22. The van der Waals surface area contributed by atoms with Crippen LogP contribution in [0.4, 0.5) is 0 Å². The van der Waals surface area contributed by atoms with E-state index in [0.29, 0.717) is 24.4 Å². The Balaban J connectivity index is 1.53. The molecular weight excluding hydrogens is 250 g/mol. The zero-order valence-corrected chi connectivity index (χ0v) is 11.0. The summed E-state index contributed by atoms with van der Waals surface area (Å²) in [5.41, 5.74) is 0. The van der Waals surface area contributed by atoms with E-state index in [2.05, 4.69) is 5.32 Å². The molecule has 1 aromatic heterocycles. The van der Waals surface area contributed by atoms with E-state index in [4.69, 9.17) is 4.74 Å². The molecule has 1 aliphatic carbocycles. The summed E-state index contributed by atoms with van der Waals surface area (Å²) < 4.78 is 5.13. The average molecular weight is 267 g/mol. The molecule has 98 valence electrons. The van der Waals surface area contributed by atoms with Crippen LogP contribution in [0.2, 0.25) is 0 Å². The number of esters is 1. The van der Waals surface area contributed by atoms with Gasteiger partial charge in [-0.05, 0) is 30.7 Å². The van der Waals surface area contributed by atoms with Crippen LogP contribution < -0.4 is 5.32 Å². The molecule has 1 N–H and O–H groups in total. The van der Waals surface area contributed by atoms with Gasteiger partial charge in [0.1, 0.15) is 0 Å². The third-order valence-corrected chi connectivity index (χ3v) is 3.90. The normalized spacial score (nSPS) is 14.9. The smallest absolute Gasteiger partial charge is 0.308 e. The Morgan fingerprint density at radius 1 is 1.44 bits per heavy atom. The third kappa shape index (κ3) is 3.57. The number of carbonyl (C=O) groups excluding carboxylic acids is 2. The average Bonchev–Trinajstić information content (AvgIpc) is 2.79. The molecule has 1 saturated carbocycles. The van der Waals surface area contributed by atoms with Gasteiger partial charge in [0, 0.05) is 6.54 Å². The lowest BCUT2D eigenvalue weighted by Crippen LogP contribution is -2.27. The number of rotatable bonds is 6. The second kappa shape index (κ2) is 6.54. The molecule has 1 aliphatic rings. The van der Waals surface area contributed by atoms with Gasteiger partial charge in [0.15, 0.2) is 0 Å². The highest BCUT2D eigenvalue weighted by atomic mass is 32.1. The van der Waals surface area contributed by atoms with Gasteiger partial charge >= 0.3 is 5.97 Å². The predicted octanol–water partition coefficient (Wildman–Crippen LogP) is 2.21. The lowest BCUT2D eigenvalue weighted by atomic mass is 9.86. The van der Waals surface area contributed by atoms with E-state index in [1.165, 1.54) is 11.3 Å². The minimum absolute atomic E-state index is 0.0599. The Hall–Kier alpha value is -1.36. The molecule has 0 spiro atoms. The molecule has 0 unspecified atom stereocenters. The maximum atomic E-state index is 11.6. The van der Waals surface area contributed by atoms with Crippen LogP contribution in [0.3, 0.4) is 0 Å². The maximum absolute atomic E-state index is 11.6. The SMILES string of the molecule is O=C(NCCCOC(=O)C1CCC1)c1cccs1. The van der Waals surface area contributed by atoms with E-state index in [-0.39, 0.29) is 17.8 Å². The molecule has 0 saturated heterocycles. The van der Waals surface area contributed by atoms with E-state index < -0.39 is 0 Å². The predicted molar refractivity (Wildman–Crippen MR) is 69.6 cm³/mol. The number of hydrogen-bond donors (Lipinski definition) is 1. The molecule has 0 aromatic carbocycles. The zero-order valence-electron chi connectivity index (χ0n) is 10.2. The molecule has 5 heteroatoms. The van der Waals surface area contributed by atoms with Crippen molar-refractivity contribution in [2.45, 2.75) is 25.7 Å². The first-order valence-electron chi connectivity index (χ1n) is 6.25. The minimum atomic E-state index is -0.0779. The molecule has 4 nitrogen and oxygen atoms in total. The van der Waals surface area contributed by atoms with E-state index in [1.54, 1.807) is 6.07 Å². The van der Waals surface area contributed by atoms with Crippen molar-refractivity contribution < 1.29 is 14.3 Å². The van der Waals surface area contributed by atoms with Crippen LogP contribution in [-0.2, 0) is 9.53 Å². The largest absolute Gasteiger partial charge is 0.465 e. The van der Waals surface area contributed by atoms with Crippen LogP contribution in [-0.4, -0.2) is 25.0 Å². The Labute approximate surface area is 110 Å². The van der Waals surface area contributed by atoms with Gasteiger partial charge < -0.3 is 10.1 Å². The highest BCUT2D eigenvalue weighted by Gasteiger charge is 2.26. The van der Waals surface area contributed by atoms with Crippen molar-refractivity contribution in [3.05, 3.63) is 22.4 Å². The Morgan fingerprint density at radius 3 is 2.89 bits per heavy atom. The Bertz CT molecular complexity index is 398. The maximum Gasteiger partial charge on any atom is 0.308 e. The molecule has 1 aromatic rings. The van der Waals surface area contributed by atoms with Gasteiger partial charge in [0.2, 0.25) is 0 Å². The monoisotopic (exact) mass is 267 g/mol. The molecule has 1 amide bonds. The molecule has 0 aliphatic heterocycles. The molecule has 0 atom stereocenters. The lowest BCUT2D eigenvalue weighted by molar-refractivity contribution is -0.151. The van der Waals surface area contributed by atoms with Gasteiger partial charge in [-0.25, -0.2) is 0 Å². The van der Waals surface area contributed by atoms with E-state index >= 15 is 0 Å². The fourth-order valence-corrected chi connectivity index (χ4v) is 2.34. The van der Waals surface area contributed by atoms with Crippen molar-refractivity contribution in [1.29, 1.82) is 0 Å². The second-order valence-corrected chi connectivity index (χ2v) is 5.33. The minimum Gasteiger partial charge on any atom is -0.465 e. The summed E-state index contributed by atoms with van der Waals surface area (Å²) in [6.07, 6.45) is 3.73. The van der Waals surface area contributed by atoms with Gasteiger partial charge in [0.25, 0.3) is 5.91 Å². The number of amides is 1. The van der Waals surface area contributed by atoms with E-state index in [0.717, 1.165) is 19.3 Å². The van der Waals surface area contributed by atoms with Crippen molar-refractivity contribution in [2.75, 3.05) is 13.2 Å². The Kier molecular flexibility index (Phi) is 4.75. The van der Waals surface area contributed by atoms with Gasteiger partial charge in [0.05, 0.1) is 17.4 Å². The molecule has 2 rings (SSSR count). The number of ether oxygens (including phenoxy) is 1. The summed E-state index contributed by atoms with van der Waals surface area (Å²) in [5.74, 6) is -0.00753. The van der Waals surface area contributed by atoms with Crippen molar-refractivity contribution in [3.63, 3.8) is 0 Å². The summed E-state index contributed by atoms with van der Waals surface area (Å²) in [7, 11) is 0. The van der Waals surface area contributed by atoms with Gasteiger partial charge in [-0.1, -0.05) is 12.5 Å². The first-order chi connectivity index (χ1) is 8.77. The van der Waals surface area contributed by atoms with Crippen LogP contribution in [0.5, 0.6) is 0 Å². The zero-order chi connectivity index (χ0) is 12.8. The van der Waals surface area contributed by atoms with Crippen molar-refractivity contribution in [2.24, 2.45) is 5.92 Å². The molecule has 1 fully saturated rings. The first-order valence-corrected chi connectivity index (χ1v) is 7.13. The van der Waals surface area contributed by atoms with Crippen LogP contribution in [0.15, 0.2) is 17.5 Å². The fourth-order valence-electron chi connectivity index (χ4n) is 1.70. The molecule has 18 heavy (non-hydrogen) atoms. The van der Waals surface area contributed by atoms with Gasteiger partial charge in [-0.3, -0.25) is 9.59 Å². The topological polar surface area (TPSA) is 55.4 Å². The van der Waals surface area contributed by atoms with Crippen molar-refractivity contribution in [3.8, 4) is 0 Å². The van der Waals surface area contributed by atoms with E-state index in [9.17, 15) is 9.59 Å². The van der Waals surface area contributed by atoms with Crippen LogP contribution >= 0.6 is 11.3 Å². The summed E-state index contributed by atoms with van der Waals surface area (Å²) in [6.45, 7) is 0.925. The summed E-state index contributed by atoms with van der Waals surface area (Å²) in [6, 6.07) is 3.64. The van der Waals surface area contributed by atoms with Gasteiger partial charge in [-0.15, -0.1) is 11.3 Å². The van der Waals surface area contributed by atoms with Gasteiger partial charge in [-0.2, -0.15) is 0 Å². The van der Waals surface area contributed by atoms with Crippen LogP contribution in [0.1, 0.15) is 35.4 Å². The Morgan fingerprint density at radius 2 is 2.28 bits per heavy atom. The number of thiophene rings is 1. The van der Waals surface area contributed by atoms with Crippen LogP contribution in [0.25, 0.3) is 0 Å². The highest BCUT2D eigenvalue weighted by molar-refractivity contribution is 7.12. The number of carbonyl (C=O) groups is 2. The van der Waals surface area contributed by atoms with Crippen molar-refractivity contribution >= 4 is 23.2 Å². The van der Waals surface area contributed by atoms with Crippen molar-refractivity contribution in [1.82, 2.24) is 5.32 Å². The molecule has 1 heterocycles. The number of hydrogen-bond acceptors (Lipinski definition) is 4. The summed E-state index contributed by atoms with van der Waals surface area (Å²) in [4.78, 5) is 23.7. The highest BCUT2D eigenvalue weighted by Crippen LogP contribution is 2.27. The standard InChI is InChI=1S/C13H17NO3S/c15-12(11-6-2-9-18-11)14-7-3-8-17-13(16)10-4-1-5-10/h2,6,9-10H,1,3-5,7-8H2,(H,14,15). The molecular formula is C13H17NO3S. The third-order valence-electron chi connectivity index (χ3n) is 3.03. The molecule has 0 radical (unpaired) electrons. The first kappa shape index (κ1) is 13.1. The van der Waals surface area contributed by atoms with Crippen LogP contribution in [0, 0.1) is 5.92 Å². The second-order valence-electron chi connectivity index (χ2n) is 4.38. The number of nitrogens with one attached hydrogen (secondary N) is 1. The summed E-state index contributed by atoms with van der Waals surface area (Å²) in [5, 5.41) is 4.67. The fraction of sp³-hybridized carbons (Fsp3) is 0.538. The summed E-state index contributed by atoms with van der Waals surface area (Å²) >= 11 is 1.42.